The number of likely N-dealkylation sites (tertiary alicyclic amines) is 1. The Labute approximate surface area is 123 Å². The van der Waals surface area contributed by atoms with E-state index < -0.39 is 6.10 Å². The molecule has 1 fully saturated rings. The zero-order chi connectivity index (χ0) is 14.8. The van der Waals surface area contributed by atoms with Crippen molar-refractivity contribution in [3.8, 4) is 11.3 Å². The van der Waals surface area contributed by atoms with E-state index in [2.05, 4.69) is 5.16 Å². The molecule has 5 nitrogen and oxygen atoms in total. The first-order valence-electron chi connectivity index (χ1n) is 7.21. The van der Waals surface area contributed by atoms with Crippen molar-refractivity contribution in [2.24, 2.45) is 0 Å². The Morgan fingerprint density at radius 3 is 2.57 bits per heavy atom. The van der Waals surface area contributed by atoms with E-state index >= 15 is 0 Å². The number of nitrogens with zero attached hydrogens (tertiary/aromatic N) is 2. The first kappa shape index (κ1) is 13.8. The Bertz CT molecular complexity index is 628. The van der Waals surface area contributed by atoms with Gasteiger partial charge in [0.05, 0.1) is 0 Å². The van der Waals surface area contributed by atoms with Gasteiger partial charge in [0.2, 0.25) is 0 Å². The van der Waals surface area contributed by atoms with Crippen LogP contribution in [-0.4, -0.2) is 34.2 Å². The van der Waals surface area contributed by atoms with E-state index in [1.807, 2.05) is 30.3 Å². The Morgan fingerprint density at radius 1 is 1.29 bits per heavy atom. The quantitative estimate of drug-likeness (QED) is 0.942. The number of hydrogen-bond acceptors (Lipinski definition) is 4. The fourth-order valence-corrected chi connectivity index (χ4v) is 2.67. The molecule has 0 spiro atoms. The Balaban J connectivity index is 2.07. The summed E-state index contributed by atoms with van der Waals surface area (Å²) in [7, 11) is 0. The molecule has 1 aliphatic rings. The third-order valence-corrected chi connectivity index (χ3v) is 3.75. The molecule has 1 aromatic carbocycles. The van der Waals surface area contributed by atoms with Gasteiger partial charge in [-0.15, -0.1) is 0 Å². The minimum absolute atomic E-state index is 0.108. The van der Waals surface area contributed by atoms with E-state index in [0.29, 0.717) is 11.3 Å². The molecule has 0 aliphatic carbocycles. The van der Waals surface area contributed by atoms with Crippen molar-refractivity contribution in [3.63, 3.8) is 0 Å². The molecule has 1 atom stereocenters. The molecule has 0 bridgehead atoms. The van der Waals surface area contributed by atoms with Crippen molar-refractivity contribution >= 4 is 5.91 Å². The van der Waals surface area contributed by atoms with Crippen LogP contribution in [0.2, 0.25) is 0 Å². The number of benzene rings is 1. The number of aliphatic hydroxyl groups excluding tert-OH is 1. The van der Waals surface area contributed by atoms with Crippen LogP contribution in [0.25, 0.3) is 11.3 Å². The van der Waals surface area contributed by atoms with Crippen LogP contribution >= 0.6 is 0 Å². The summed E-state index contributed by atoms with van der Waals surface area (Å²) < 4.78 is 5.24. The van der Waals surface area contributed by atoms with Gasteiger partial charge in [-0.05, 0) is 19.8 Å². The highest BCUT2D eigenvalue weighted by atomic mass is 16.5. The lowest BCUT2D eigenvalue weighted by molar-refractivity contribution is 0.0781. The maximum atomic E-state index is 12.7. The maximum absolute atomic E-state index is 12.7. The van der Waals surface area contributed by atoms with Gasteiger partial charge in [-0.25, -0.2) is 0 Å². The van der Waals surface area contributed by atoms with Gasteiger partial charge in [-0.1, -0.05) is 35.5 Å². The summed E-state index contributed by atoms with van der Waals surface area (Å²) in [5.74, 6) is 0.134. The molecule has 21 heavy (non-hydrogen) atoms. The van der Waals surface area contributed by atoms with Crippen molar-refractivity contribution in [3.05, 3.63) is 41.7 Å². The molecule has 2 aromatic rings. The van der Waals surface area contributed by atoms with Gasteiger partial charge in [-0.3, -0.25) is 4.79 Å². The summed E-state index contributed by atoms with van der Waals surface area (Å²) in [6, 6.07) is 9.43. The van der Waals surface area contributed by atoms with E-state index in [1.165, 1.54) is 0 Å². The largest absolute Gasteiger partial charge is 0.385 e. The summed E-state index contributed by atoms with van der Waals surface area (Å²) in [5, 5.41) is 13.9. The normalized spacial score (nSPS) is 16.2. The number of amides is 1. The maximum Gasteiger partial charge on any atom is 0.259 e. The van der Waals surface area contributed by atoms with Gasteiger partial charge in [0, 0.05) is 18.7 Å². The van der Waals surface area contributed by atoms with E-state index in [1.54, 1.807) is 11.8 Å². The first-order chi connectivity index (χ1) is 10.2. The van der Waals surface area contributed by atoms with Crippen LogP contribution in [0.1, 0.15) is 42.0 Å². The summed E-state index contributed by atoms with van der Waals surface area (Å²) in [5.41, 5.74) is 1.71. The molecular weight excluding hydrogens is 268 g/mol. The highest BCUT2D eigenvalue weighted by Crippen LogP contribution is 2.30. The molecule has 1 N–H and O–H groups in total. The van der Waals surface area contributed by atoms with Gasteiger partial charge in [-0.2, -0.15) is 0 Å². The molecule has 2 heterocycles. The number of aliphatic hydroxyl groups is 1. The van der Waals surface area contributed by atoms with Crippen molar-refractivity contribution in [2.45, 2.75) is 25.9 Å². The minimum atomic E-state index is -0.864. The smallest absolute Gasteiger partial charge is 0.259 e. The third-order valence-electron chi connectivity index (χ3n) is 3.75. The average molecular weight is 286 g/mol. The molecule has 1 saturated heterocycles. The molecule has 0 saturated carbocycles. The number of rotatable bonds is 3. The SMILES string of the molecule is C[C@H](O)c1onc(-c2ccccc2)c1C(=O)N1CCCC1. The fourth-order valence-electron chi connectivity index (χ4n) is 2.67. The topological polar surface area (TPSA) is 66.6 Å². The van der Waals surface area contributed by atoms with Crippen LogP contribution in [0.5, 0.6) is 0 Å². The predicted molar refractivity (Wildman–Crippen MR) is 77.7 cm³/mol. The second-order valence-electron chi connectivity index (χ2n) is 5.31. The molecular formula is C16H18N2O3. The van der Waals surface area contributed by atoms with Crippen LogP contribution in [0, 0.1) is 0 Å². The second kappa shape index (κ2) is 5.69. The summed E-state index contributed by atoms with van der Waals surface area (Å²) in [6.07, 6.45) is 1.17. The summed E-state index contributed by atoms with van der Waals surface area (Å²) >= 11 is 0. The lowest BCUT2D eigenvalue weighted by Gasteiger charge is -2.16. The van der Waals surface area contributed by atoms with Crippen LogP contribution in [0.3, 0.4) is 0 Å². The highest BCUT2D eigenvalue weighted by molar-refractivity contribution is 6.01. The van der Waals surface area contributed by atoms with Gasteiger partial charge in [0.1, 0.15) is 17.4 Å². The van der Waals surface area contributed by atoms with Crippen LogP contribution in [0.4, 0.5) is 0 Å². The zero-order valence-corrected chi connectivity index (χ0v) is 12.0. The second-order valence-corrected chi connectivity index (χ2v) is 5.31. The number of aromatic nitrogens is 1. The molecule has 0 unspecified atom stereocenters. The Hall–Kier alpha value is -2.14. The highest BCUT2D eigenvalue weighted by Gasteiger charge is 2.30. The zero-order valence-electron chi connectivity index (χ0n) is 12.0. The lowest BCUT2D eigenvalue weighted by Crippen LogP contribution is -2.28. The molecule has 0 radical (unpaired) electrons. The first-order valence-corrected chi connectivity index (χ1v) is 7.21. The van der Waals surface area contributed by atoms with Gasteiger partial charge < -0.3 is 14.5 Å². The Kier molecular flexibility index (Phi) is 3.75. The van der Waals surface area contributed by atoms with Crippen LogP contribution < -0.4 is 0 Å². The monoisotopic (exact) mass is 286 g/mol. The number of hydrogen-bond donors (Lipinski definition) is 1. The lowest BCUT2D eigenvalue weighted by atomic mass is 10.0. The van der Waals surface area contributed by atoms with E-state index in [-0.39, 0.29) is 11.7 Å². The van der Waals surface area contributed by atoms with Crippen molar-refractivity contribution in [1.29, 1.82) is 0 Å². The standard InChI is InChI=1S/C16H18N2O3/c1-11(19)15-13(16(20)18-9-5-6-10-18)14(17-21-15)12-7-3-2-4-8-12/h2-4,7-8,11,19H,5-6,9-10H2,1H3/t11-/m0/s1. The predicted octanol–water partition coefficient (Wildman–Crippen LogP) is 2.63. The van der Waals surface area contributed by atoms with Crippen molar-refractivity contribution in [2.75, 3.05) is 13.1 Å². The molecule has 1 amide bonds. The van der Waals surface area contributed by atoms with Gasteiger partial charge >= 0.3 is 0 Å². The average Bonchev–Trinajstić information content (AvgIpc) is 3.17. The molecule has 1 aliphatic heterocycles. The summed E-state index contributed by atoms with van der Waals surface area (Å²) in [6.45, 7) is 3.07. The van der Waals surface area contributed by atoms with E-state index in [0.717, 1.165) is 31.5 Å². The third kappa shape index (κ3) is 2.56. The summed E-state index contributed by atoms with van der Waals surface area (Å²) in [4.78, 5) is 14.5. The fraction of sp³-hybridized carbons (Fsp3) is 0.375. The van der Waals surface area contributed by atoms with Crippen molar-refractivity contribution < 1.29 is 14.4 Å². The molecule has 110 valence electrons. The molecule has 3 rings (SSSR count). The number of carbonyl (C=O) groups is 1. The molecule has 5 heteroatoms. The van der Waals surface area contributed by atoms with Crippen molar-refractivity contribution in [1.82, 2.24) is 10.1 Å². The molecule has 1 aromatic heterocycles. The van der Waals surface area contributed by atoms with E-state index in [9.17, 15) is 9.90 Å². The Morgan fingerprint density at radius 2 is 1.95 bits per heavy atom. The van der Waals surface area contributed by atoms with Gasteiger partial charge in [0.15, 0.2) is 5.76 Å². The van der Waals surface area contributed by atoms with E-state index in [4.69, 9.17) is 4.52 Å². The number of carbonyl (C=O) groups excluding carboxylic acids is 1. The minimum Gasteiger partial charge on any atom is -0.385 e. The van der Waals surface area contributed by atoms with Crippen LogP contribution in [-0.2, 0) is 0 Å². The van der Waals surface area contributed by atoms with Gasteiger partial charge in [0.25, 0.3) is 5.91 Å². The van der Waals surface area contributed by atoms with Crippen LogP contribution in [0.15, 0.2) is 34.9 Å².